The van der Waals surface area contributed by atoms with Crippen molar-refractivity contribution in [1.29, 1.82) is 0 Å². The van der Waals surface area contributed by atoms with Gasteiger partial charge in [-0.15, -0.1) is 11.8 Å². The number of thioether (sulfide) groups is 1. The van der Waals surface area contributed by atoms with Crippen LogP contribution in [0.25, 0.3) is 0 Å². The second-order valence-electron chi connectivity index (χ2n) is 2.10. The molecule has 0 saturated heterocycles. The van der Waals surface area contributed by atoms with Gasteiger partial charge in [-0.3, -0.25) is 0 Å². The van der Waals surface area contributed by atoms with Gasteiger partial charge in [0, 0.05) is 0 Å². The molecule has 0 spiro atoms. The lowest BCUT2D eigenvalue weighted by Gasteiger charge is -1.96. The SMILES string of the molecule is CSC1=CC2=S(ON=C2C)S1. The lowest BCUT2D eigenvalue weighted by atomic mass is 10.3. The van der Waals surface area contributed by atoms with E-state index in [2.05, 4.69) is 17.5 Å². The van der Waals surface area contributed by atoms with Gasteiger partial charge in [-0.1, -0.05) is 5.16 Å². The molecule has 60 valence electrons. The van der Waals surface area contributed by atoms with Crippen LogP contribution in [0.5, 0.6) is 0 Å². The molecule has 2 aliphatic rings. The van der Waals surface area contributed by atoms with Crippen LogP contribution in [0, 0.1) is 0 Å². The molecule has 0 aromatic rings. The third-order valence-electron chi connectivity index (χ3n) is 1.39. The van der Waals surface area contributed by atoms with Crippen molar-refractivity contribution >= 4 is 42.9 Å². The van der Waals surface area contributed by atoms with Crippen molar-refractivity contribution in [2.24, 2.45) is 5.16 Å². The molecule has 0 radical (unpaired) electrons. The number of oxime groups is 1. The summed E-state index contributed by atoms with van der Waals surface area (Å²) in [7, 11) is 1.65. The summed E-state index contributed by atoms with van der Waals surface area (Å²) in [6.07, 6.45) is 4.25. The van der Waals surface area contributed by atoms with Crippen LogP contribution in [0.2, 0.25) is 0 Å². The van der Waals surface area contributed by atoms with Crippen molar-refractivity contribution in [3.8, 4) is 0 Å². The Bertz CT molecular complexity index is 292. The first-order valence-corrected chi connectivity index (χ1v) is 6.80. The van der Waals surface area contributed by atoms with E-state index in [4.69, 9.17) is 4.28 Å². The summed E-state index contributed by atoms with van der Waals surface area (Å²) in [5, 5.41) is 3.91. The Labute approximate surface area is 76.0 Å². The molecule has 1 atom stereocenters. The van der Waals surface area contributed by atoms with E-state index in [0.29, 0.717) is 0 Å². The maximum atomic E-state index is 5.20. The molecule has 0 amide bonds. The van der Waals surface area contributed by atoms with Gasteiger partial charge in [0.05, 0.1) is 24.6 Å². The predicted molar refractivity (Wildman–Crippen MR) is 56.0 cm³/mol. The first-order valence-electron chi connectivity index (χ1n) is 3.09. The van der Waals surface area contributed by atoms with Gasteiger partial charge in [0.1, 0.15) is 0 Å². The number of allylic oxidation sites excluding steroid dienone is 1. The zero-order valence-corrected chi connectivity index (χ0v) is 8.61. The normalized spacial score (nSPS) is 27.8. The maximum absolute atomic E-state index is 5.20. The van der Waals surface area contributed by atoms with Crippen molar-refractivity contribution in [1.82, 2.24) is 0 Å². The molecule has 2 nitrogen and oxygen atoms in total. The Balaban J connectivity index is 2.27. The number of hydrogen-bond donors (Lipinski definition) is 0. The van der Waals surface area contributed by atoms with Crippen LogP contribution >= 0.6 is 32.4 Å². The lowest BCUT2D eigenvalue weighted by Crippen LogP contribution is -1.99. The Morgan fingerprint density at radius 1 is 1.73 bits per heavy atom. The monoisotopic (exact) mass is 205 g/mol. The molecular formula is C6H7NOS3. The number of hydrogen-bond acceptors (Lipinski definition) is 4. The van der Waals surface area contributed by atoms with Crippen molar-refractivity contribution in [3.63, 3.8) is 0 Å². The molecule has 0 aromatic heterocycles. The molecule has 2 heterocycles. The van der Waals surface area contributed by atoms with E-state index in [0.717, 1.165) is 5.71 Å². The van der Waals surface area contributed by atoms with E-state index in [9.17, 15) is 0 Å². The summed E-state index contributed by atoms with van der Waals surface area (Å²) in [6.45, 7) is 1.99. The summed E-state index contributed by atoms with van der Waals surface area (Å²) in [6, 6.07) is 0. The number of rotatable bonds is 1. The molecule has 0 N–H and O–H groups in total. The van der Waals surface area contributed by atoms with Gasteiger partial charge in [0.25, 0.3) is 0 Å². The summed E-state index contributed by atoms with van der Waals surface area (Å²) in [5.41, 5.74) is 1.03. The van der Waals surface area contributed by atoms with Crippen LogP contribution < -0.4 is 0 Å². The minimum atomic E-state index is -0.112. The van der Waals surface area contributed by atoms with Crippen molar-refractivity contribution in [3.05, 3.63) is 10.3 Å². The molecule has 0 aromatic carbocycles. The number of nitrogens with zero attached hydrogens (tertiary/aromatic N) is 1. The van der Waals surface area contributed by atoms with E-state index in [1.165, 1.54) is 9.10 Å². The Kier molecular flexibility index (Phi) is 2.03. The van der Waals surface area contributed by atoms with Crippen molar-refractivity contribution < 1.29 is 4.28 Å². The molecule has 2 aliphatic heterocycles. The third kappa shape index (κ3) is 1.25. The maximum Gasteiger partial charge on any atom is 0.0988 e. The zero-order chi connectivity index (χ0) is 7.84. The predicted octanol–water partition coefficient (Wildman–Crippen LogP) is 2.62. The van der Waals surface area contributed by atoms with Crippen molar-refractivity contribution in [2.45, 2.75) is 6.92 Å². The highest BCUT2D eigenvalue weighted by Gasteiger charge is 2.24. The lowest BCUT2D eigenvalue weighted by molar-refractivity contribution is 0.414. The van der Waals surface area contributed by atoms with E-state index in [1.54, 1.807) is 22.6 Å². The van der Waals surface area contributed by atoms with E-state index < -0.39 is 0 Å². The highest BCUT2D eigenvalue weighted by atomic mass is 33.1. The molecule has 1 unspecified atom stereocenters. The molecule has 11 heavy (non-hydrogen) atoms. The fourth-order valence-corrected chi connectivity index (χ4v) is 5.37. The van der Waals surface area contributed by atoms with Crippen LogP contribution in [-0.2, 0) is 4.28 Å². The second-order valence-corrected chi connectivity index (χ2v) is 6.28. The molecule has 0 fully saturated rings. The Morgan fingerprint density at radius 3 is 3.18 bits per heavy atom. The van der Waals surface area contributed by atoms with Gasteiger partial charge < -0.3 is 4.28 Å². The minimum absolute atomic E-state index is 0.112. The summed E-state index contributed by atoms with van der Waals surface area (Å²) >= 11 is 1.77. The molecule has 0 bridgehead atoms. The molecule has 5 heteroatoms. The van der Waals surface area contributed by atoms with Crippen molar-refractivity contribution in [2.75, 3.05) is 6.26 Å². The topological polar surface area (TPSA) is 21.6 Å². The van der Waals surface area contributed by atoms with Crippen LogP contribution in [0.1, 0.15) is 6.92 Å². The van der Waals surface area contributed by atoms with Gasteiger partial charge in [0.15, 0.2) is 0 Å². The Hall–Kier alpha value is 0.130. The first kappa shape index (κ1) is 7.76. The van der Waals surface area contributed by atoms with Crippen LogP contribution in [0.3, 0.4) is 0 Å². The van der Waals surface area contributed by atoms with E-state index >= 15 is 0 Å². The average Bonchev–Trinajstić information content (AvgIpc) is 2.53. The fourth-order valence-electron chi connectivity index (χ4n) is 0.807. The summed E-state index contributed by atoms with van der Waals surface area (Å²) in [4.78, 5) is 1.26. The third-order valence-corrected chi connectivity index (χ3v) is 6.10. The van der Waals surface area contributed by atoms with Gasteiger partial charge in [0.2, 0.25) is 0 Å². The van der Waals surface area contributed by atoms with Gasteiger partial charge in [-0.25, -0.2) is 0 Å². The first-order chi connectivity index (χ1) is 5.31. The quantitative estimate of drug-likeness (QED) is 0.485. The van der Waals surface area contributed by atoms with E-state index in [1.807, 2.05) is 6.92 Å². The van der Waals surface area contributed by atoms with E-state index in [-0.39, 0.29) is 9.80 Å². The molecular weight excluding hydrogens is 198 g/mol. The Morgan fingerprint density at radius 2 is 2.55 bits per heavy atom. The average molecular weight is 205 g/mol. The highest BCUT2D eigenvalue weighted by Crippen LogP contribution is 2.50. The molecule has 0 aliphatic carbocycles. The summed E-state index contributed by atoms with van der Waals surface area (Å²) < 4.78 is 6.53. The summed E-state index contributed by atoms with van der Waals surface area (Å²) in [5.74, 6) is 0. The largest absolute Gasteiger partial charge is 0.319 e. The smallest absolute Gasteiger partial charge is 0.0988 e. The standard InChI is InChI=1S/C6H7NOS3/c1-4-5-3-6(9-2)10-11(5)8-7-4/h3H,1-2H3. The van der Waals surface area contributed by atoms with Gasteiger partial charge in [-0.05, 0) is 30.0 Å². The van der Waals surface area contributed by atoms with Gasteiger partial charge >= 0.3 is 0 Å². The second kappa shape index (κ2) is 2.88. The highest BCUT2D eigenvalue weighted by molar-refractivity contribution is 8.86. The van der Waals surface area contributed by atoms with Gasteiger partial charge in [-0.2, -0.15) is 0 Å². The van der Waals surface area contributed by atoms with Crippen LogP contribution in [0.4, 0.5) is 0 Å². The molecule has 2 rings (SSSR count). The molecule has 0 saturated carbocycles. The minimum Gasteiger partial charge on any atom is -0.319 e. The van der Waals surface area contributed by atoms with Crippen LogP contribution in [-0.4, -0.2) is 16.8 Å². The fraction of sp³-hybridized carbons (Fsp3) is 0.333. The zero-order valence-electron chi connectivity index (χ0n) is 6.16. The van der Waals surface area contributed by atoms with Crippen LogP contribution in [0.15, 0.2) is 15.5 Å².